The Labute approximate surface area is 124 Å². The van der Waals surface area contributed by atoms with Crippen molar-refractivity contribution in [1.82, 2.24) is 9.55 Å². The summed E-state index contributed by atoms with van der Waals surface area (Å²) in [6.45, 7) is 1.91. The van der Waals surface area contributed by atoms with E-state index >= 15 is 0 Å². The minimum atomic E-state index is -0.945. The molecule has 0 unspecified atom stereocenters. The Morgan fingerprint density at radius 1 is 1.55 bits per heavy atom. The van der Waals surface area contributed by atoms with Crippen molar-refractivity contribution >= 4 is 34.4 Å². The molecule has 2 aromatic rings. The van der Waals surface area contributed by atoms with Crippen molar-refractivity contribution in [1.29, 1.82) is 0 Å². The number of rotatable bonds is 4. The zero-order valence-electron chi connectivity index (χ0n) is 10.3. The van der Waals surface area contributed by atoms with Crippen LogP contribution in [0.2, 0.25) is 5.02 Å². The highest BCUT2D eigenvalue weighted by atomic mass is 35.5. The van der Waals surface area contributed by atoms with Crippen molar-refractivity contribution in [2.24, 2.45) is 0 Å². The van der Waals surface area contributed by atoms with Crippen LogP contribution in [0.4, 0.5) is 0 Å². The summed E-state index contributed by atoms with van der Waals surface area (Å²) in [5.41, 5.74) is 1.61. The molecule has 6 nitrogen and oxygen atoms in total. The van der Waals surface area contributed by atoms with Crippen molar-refractivity contribution in [3.05, 3.63) is 56.9 Å². The van der Waals surface area contributed by atoms with Crippen LogP contribution < -0.4 is 4.84 Å². The summed E-state index contributed by atoms with van der Waals surface area (Å²) in [5, 5.41) is 10.2. The predicted molar refractivity (Wildman–Crippen MR) is 76.1 cm³/mol. The summed E-state index contributed by atoms with van der Waals surface area (Å²) in [4.78, 5) is 18.3. The molecule has 20 heavy (non-hydrogen) atoms. The van der Waals surface area contributed by atoms with Gasteiger partial charge in [-0.2, -0.15) is 0 Å². The van der Waals surface area contributed by atoms with E-state index in [2.05, 4.69) is 9.82 Å². The van der Waals surface area contributed by atoms with Crippen LogP contribution in [0.25, 0.3) is 11.2 Å². The molecule has 0 N–H and O–H groups in total. The SMILES string of the molecule is Cc1ccc(/C(Cl)=C\n2ccnc2O[N+](=O)[O-])c(Cl)c1. The van der Waals surface area contributed by atoms with Crippen LogP contribution in [-0.4, -0.2) is 14.6 Å². The van der Waals surface area contributed by atoms with E-state index in [-0.39, 0.29) is 6.01 Å². The van der Waals surface area contributed by atoms with Crippen molar-refractivity contribution in [3.63, 3.8) is 0 Å². The van der Waals surface area contributed by atoms with E-state index in [1.165, 1.54) is 23.2 Å². The molecule has 0 saturated heterocycles. The third-order valence-electron chi connectivity index (χ3n) is 2.42. The summed E-state index contributed by atoms with van der Waals surface area (Å²) in [6, 6.07) is 5.20. The molecule has 0 bridgehead atoms. The molecule has 0 aliphatic heterocycles. The van der Waals surface area contributed by atoms with Gasteiger partial charge in [-0.25, -0.2) is 9.82 Å². The van der Waals surface area contributed by atoms with E-state index in [1.54, 1.807) is 12.1 Å². The first-order valence-electron chi connectivity index (χ1n) is 5.46. The van der Waals surface area contributed by atoms with Gasteiger partial charge >= 0.3 is 5.09 Å². The molecule has 0 spiro atoms. The molecule has 1 heterocycles. The maximum atomic E-state index is 10.3. The Bertz CT molecular complexity index is 682. The fourth-order valence-corrected chi connectivity index (χ4v) is 2.20. The van der Waals surface area contributed by atoms with Gasteiger partial charge in [-0.05, 0) is 18.6 Å². The summed E-state index contributed by atoms with van der Waals surface area (Å²) in [5.74, 6) is 0. The van der Waals surface area contributed by atoms with E-state index in [9.17, 15) is 10.1 Å². The van der Waals surface area contributed by atoms with Crippen LogP contribution in [-0.2, 0) is 0 Å². The van der Waals surface area contributed by atoms with Gasteiger partial charge in [0.05, 0.1) is 5.03 Å². The standard InChI is InChI=1S/C12H9Cl2N3O3/c1-8-2-3-9(10(13)6-8)11(14)7-16-5-4-15-12(16)20-17(18)19/h2-7H,1H3/b11-7+. The van der Waals surface area contributed by atoms with Gasteiger partial charge in [-0.15, -0.1) is 10.1 Å². The molecule has 0 amide bonds. The smallest absolute Gasteiger partial charge is 0.286 e. The molecular formula is C12H9Cl2N3O3. The lowest BCUT2D eigenvalue weighted by atomic mass is 10.1. The van der Waals surface area contributed by atoms with Crippen molar-refractivity contribution < 1.29 is 9.92 Å². The molecule has 0 fully saturated rings. The maximum absolute atomic E-state index is 10.3. The minimum Gasteiger partial charge on any atom is -0.286 e. The number of aryl methyl sites for hydroxylation is 1. The highest BCUT2D eigenvalue weighted by molar-refractivity contribution is 6.52. The number of aromatic nitrogens is 2. The number of hydrogen-bond donors (Lipinski definition) is 0. The Morgan fingerprint density at radius 2 is 2.30 bits per heavy atom. The number of halogens is 2. The molecule has 0 saturated carbocycles. The number of benzene rings is 1. The fourth-order valence-electron chi connectivity index (χ4n) is 1.54. The van der Waals surface area contributed by atoms with Gasteiger partial charge in [-0.1, -0.05) is 35.3 Å². The van der Waals surface area contributed by atoms with Gasteiger partial charge in [0.15, 0.2) is 0 Å². The van der Waals surface area contributed by atoms with E-state index in [0.717, 1.165) is 5.56 Å². The zero-order valence-corrected chi connectivity index (χ0v) is 11.8. The van der Waals surface area contributed by atoms with Crippen molar-refractivity contribution in [3.8, 4) is 6.01 Å². The molecular weight excluding hydrogens is 305 g/mol. The average molecular weight is 314 g/mol. The molecule has 2 rings (SSSR count). The van der Waals surface area contributed by atoms with Crippen LogP contribution in [0.1, 0.15) is 11.1 Å². The Kier molecular flexibility index (Phi) is 4.26. The summed E-state index contributed by atoms with van der Waals surface area (Å²) < 4.78 is 1.29. The predicted octanol–water partition coefficient (Wildman–Crippen LogP) is 3.61. The molecule has 0 aliphatic rings. The first-order chi connectivity index (χ1) is 9.47. The second-order valence-corrected chi connectivity index (χ2v) is 4.71. The summed E-state index contributed by atoms with van der Waals surface area (Å²) in [7, 11) is 0. The van der Waals surface area contributed by atoms with Crippen LogP contribution in [0, 0.1) is 17.0 Å². The lowest BCUT2D eigenvalue weighted by Crippen LogP contribution is -2.07. The van der Waals surface area contributed by atoms with E-state index in [4.69, 9.17) is 23.2 Å². The molecule has 0 radical (unpaired) electrons. The Hall–Kier alpha value is -2.05. The number of hydrogen-bond acceptors (Lipinski definition) is 4. The van der Waals surface area contributed by atoms with Crippen molar-refractivity contribution in [2.75, 3.05) is 0 Å². The second-order valence-electron chi connectivity index (χ2n) is 3.89. The highest BCUT2D eigenvalue weighted by Crippen LogP contribution is 2.29. The molecule has 104 valence electrons. The summed E-state index contributed by atoms with van der Waals surface area (Å²) in [6.07, 6.45) is 4.27. The van der Waals surface area contributed by atoms with E-state index in [0.29, 0.717) is 15.6 Å². The Balaban J connectivity index is 2.35. The van der Waals surface area contributed by atoms with Gasteiger partial charge in [0.1, 0.15) is 0 Å². The monoisotopic (exact) mass is 313 g/mol. The van der Waals surface area contributed by atoms with Gasteiger partial charge in [0.2, 0.25) is 0 Å². The van der Waals surface area contributed by atoms with Gasteiger partial charge in [0, 0.05) is 29.2 Å². The van der Waals surface area contributed by atoms with Gasteiger partial charge < -0.3 is 0 Å². The van der Waals surface area contributed by atoms with E-state index in [1.807, 2.05) is 13.0 Å². The lowest BCUT2D eigenvalue weighted by Gasteiger charge is -2.05. The molecule has 1 aromatic carbocycles. The quantitative estimate of drug-likeness (QED) is 0.638. The largest absolute Gasteiger partial charge is 0.302 e. The highest BCUT2D eigenvalue weighted by Gasteiger charge is 2.09. The average Bonchev–Trinajstić information content (AvgIpc) is 2.75. The van der Waals surface area contributed by atoms with Crippen LogP contribution >= 0.6 is 23.2 Å². The van der Waals surface area contributed by atoms with Crippen LogP contribution in [0.3, 0.4) is 0 Å². The molecule has 0 aliphatic carbocycles. The fraction of sp³-hybridized carbons (Fsp3) is 0.0833. The minimum absolute atomic E-state index is 0.198. The second kappa shape index (κ2) is 5.94. The first kappa shape index (κ1) is 14.4. The van der Waals surface area contributed by atoms with Gasteiger partial charge in [-0.3, -0.25) is 4.57 Å². The zero-order chi connectivity index (χ0) is 14.7. The molecule has 0 atom stereocenters. The van der Waals surface area contributed by atoms with Crippen LogP contribution in [0.5, 0.6) is 6.01 Å². The third kappa shape index (κ3) is 3.28. The third-order valence-corrected chi connectivity index (χ3v) is 3.04. The van der Waals surface area contributed by atoms with Gasteiger partial charge in [0.25, 0.3) is 6.01 Å². The van der Waals surface area contributed by atoms with Crippen LogP contribution in [0.15, 0.2) is 30.6 Å². The normalized spacial score (nSPS) is 11.4. The lowest BCUT2D eigenvalue weighted by molar-refractivity contribution is -0.713. The maximum Gasteiger partial charge on any atom is 0.302 e. The van der Waals surface area contributed by atoms with Crippen molar-refractivity contribution in [2.45, 2.75) is 6.92 Å². The molecule has 8 heteroatoms. The number of imidazole rings is 1. The van der Waals surface area contributed by atoms with E-state index < -0.39 is 5.09 Å². The first-order valence-corrected chi connectivity index (χ1v) is 6.22. The summed E-state index contributed by atoms with van der Waals surface area (Å²) >= 11 is 12.3. The molecule has 1 aromatic heterocycles. The number of nitrogens with zero attached hydrogens (tertiary/aromatic N) is 3. The Morgan fingerprint density at radius 3 is 2.95 bits per heavy atom. The topological polar surface area (TPSA) is 70.2 Å².